The lowest BCUT2D eigenvalue weighted by molar-refractivity contribution is -0.192. The van der Waals surface area contributed by atoms with Crippen molar-refractivity contribution in [3.8, 4) is 0 Å². The van der Waals surface area contributed by atoms with Gasteiger partial charge in [-0.3, -0.25) is 9.69 Å². The molecule has 4 rings (SSSR count). The topological polar surface area (TPSA) is 42.0 Å². The molecule has 2 bridgehead atoms. The van der Waals surface area contributed by atoms with Crippen molar-refractivity contribution in [3.63, 3.8) is 0 Å². The first-order valence-corrected chi connectivity index (χ1v) is 7.41. The summed E-state index contributed by atoms with van der Waals surface area (Å²) in [6.07, 6.45) is 5.29. The van der Waals surface area contributed by atoms with E-state index >= 15 is 0 Å². The molecule has 5 heteroatoms. The van der Waals surface area contributed by atoms with Gasteiger partial charge >= 0.3 is 0 Å². The van der Waals surface area contributed by atoms with Gasteiger partial charge in [-0.15, -0.1) is 0 Å². The number of hydrogen-bond acceptors (Lipinski definition) is 4. The normalized spacial score (nSPS) is 39.4. The van der Waals surface area contributed by atoms with Crippen LogP contribution >= 0.6 is 0 Å². The first-order valence-electron chi connectivity index (χ1n) is 7.41. The molecule has 3 heterocycles. The average molecular weight is 266 g/mol. The summed E-state index contributed by atoms with van der Waals surface area (Å²) in [6, 6.07) is 0.417. The highest BCUT2D eigenvalue weighted by Gasteiger charge is 2.55. The third-order valence-corrected chi connectivity index (χ3v) is 5.74. The number of piperazine rings is 1. The number of likely N-dealkylation sites (N-methyl/N-ethyl adjacent to an activating group) is 1. The van der Waals surface area contributed by atoms with Gasteiger partial charge in [0.2, 0.25) is 5.91 Å². The number of carbonyl (C=O) groups is 1. The summed E-state index contributed by atoms with van der Waals surface area (Å²) in [5, 5.41) is 0. The highest BCUT2D eigenvalue weighted by Crippen LogP contribution is 2.49. The Morgan fingerprint density at radius 2 is 1.84 bits per heavy atom. The fourth-order valence-electron chi connectivity index (χ4n) is 4.45. The Hall–Kier alpha value is -0.650. The number of rotatable bonds is 0. The van der Waals surface area contributed by atoms with Crippen molar-refractivity contribution in [1.29, 1.82) is 0 Å². The van der Waals surface area contributed by atoms with Gasteiger partial charge in [0.1, 0.15) is 0 Å². The van der Waals surface area contributed by atoms with Gasteiger partial charge in [0.05, 0.1) is 19.8 Å². The van der Waals surface area contributed by atoms with Crippen molar-refractivity contribution in [3.05, 3.63) is 0 Å². The molecule has 3 saturated heterocycles. The number of fused-ring (bicyclic) bond motifs is 3. The molecular weight excluding hydrogens is 244 g/mol. The minimum Gasteiger partial charge on any atom is -0.348 e. The monoisotopic (exact) mass is 266 g/mol. The molecule has 1 amide bonds. The van der Waals surface area contributed by atoms with E-state index in [1.54, 1.807) is 0 Å². The maximum atomic E-state index is 12.0. The molecule has 4 fully saturated rings. The Kier molecular flexibility index (Phi) is 2.51. The zero-order valence-corrected chi connectivity index (χ0v) is 11.6. The van der Waals surface area contributed by atoms with Crippen LogP contribution in [0.2, 0.25) is 0 Å². The van der Waals surface area contributed by atoms with Gasteiger partial charge in [0, 0.05) is 38.0 Å². The molecule has 0 aromatic carbocycles. The average Bonchev–Trinajstić information content (AvgIpc) is 2.97. The van der Waals surface area contributed by atoms with E-state index in [0.717, 1.165) is 51.9 Å². The summed E-state index contributed by atoms with van der Waals surface area (Å²) in [5.74, 6) is -0.0133. The number of carbonyl (C=O) groups excluding carboxylic acids is 1. The second kappa shape index (κ2) is 3.93. The number of amides is 1. The van der Waals surface area contributed by atoms with Gasteiger partial charge in [-0.2, -0.15) is 0 Å². The van der Waals surface area contributed by atoms with Crippen molar-refractivity contribution < 1.29 is 14.3 Å². The van der Waals surface area contributed by atoms with Crippen molar-refractivity contribution in [2.75, 3.05) is 33.4 Å². The fourth-order valence-corrected chi connectivity index (χ4v) is 4.45. The molecule has 106 valence electrons. The van der Waals surface area contributed by atoms with Gasteiger partial charge < -0.3 is 14.4 Å². The predicted molar refractivity (Wildman–Crippen MR) is 68.6 cm³/mol. The smallest absolute Gasteiger partial charge is 0.236 e. The Bertz CT molecular complexity index is 395. The molecule has 3 aliphatic heterocycles. The third kappa shape index (κ3) is 1.68. The molecule has 5 nitrogen and oxygen atoms in total. The van der Waals surface area contributed by atoms with Crippen molar-refractivity contribution in [2.45, 2.75) is 49.5 Å². The number of ether oxygens (including phenoxy) is 2. The van der Waals surface area contributed by atoms with E-state index in [9.17, 15) is 4.79 Å². The van der Waals surface area contributed by atoms with Crippen molar-refractivity contribution in [1.82, 2.24) is 9.80 Å². The zero-order valence-electron chi connectivity index (χ0n) is 11.6. The van der Waals surface area contributed by atoms with Gasteiger partial charge in [-0.1, -0.05) is 0 Å². The van der Waals surface area contributed by atoms with E-state index in [1.165, 1.54) is 0 Å². The molecule has 2 atom stereocenters. The fraction of sp³-hybridized carbons (Fsp3) is 0.929. The van der Waals surface area contributed by atoms with Crippen LogP contribution in [0.5, 0.6) is 0 Å². The van der Waals surface area contributed by atoms with E-state index in [2.05, 4.69) is 4.90 Å². The second-order valence-electron chi connectivity index (χ2n) is 6.58. The quantitative estimate of drug-likeness (QED) is 0.643. The van der Waals surface area contributed by atoms with E-state index in [0.29, 0.717) is 12.6 Å². The van der Waals surface area contributed by atoms with E-state index in [-0.39, 0.29) is 17.2 Å². The summed E-state index contributed by atoms with van der Waals surface area (Å²) < 4.78 is 11.6. The maximum absolute atomic E-state index is 12.0. The van der Waals surface area contributed by atoms with Crippen LogP contribution in [-0.2, 0) is 14.3 Å². The lowest BCUT2D eigenvalue weighted by atomic mass is 9.76. The first-order chi connectivity index (χ1) is 9.13. The Morgan fingerprint density at radius 3 is 2.53 bits per heavy atom. The van der Waals surface area contributed by atoms with Crippen LogP contribution in [0.25, 0.3) is 0 Å². The summed E-state index contributed by atoms with van der Waals surface area (Å²) in [7, 11) is 1.96. The standard InChI is InChI=1S/C14H22N2O3/c1-15-11-8-13(16(9-11)10-12(15)17)2-4-14(5-3-13)18-6-7-19-14/h11H,2-10H2,1H3/t11-/m1/s1. The molecule has 0 aromatic heterocycles. The molecule has 0 radical (unpaired) electrons. The minimum absolute atomic E-state index is 0.228. The lowest BCUT2D eigenvalue weighted by Crippen LogP contribution is -2.54. The van der Waals surface area contributed by atoms with Crippen molar-refractivity contribution in [2.24, 2.45) is 0 Å². The summed E-state index contributed by atoms with van der Waals surface area (Å²) in [4.78, 5) is 16.4. The predicted octanol–water partition coefficient (Wildman–Crippen LogP) is 0.589. The molecule has 2 spiro atoms. The highest BCUT2D eigenvalue weighted by atomic mass is 16.7. The van der Waals surface area contributed by atoms with Crippen LogP contribution in [0.4, 0.5) is 0 Å². The van der Waals surface area contributed by atoms with E-state index in [4.69, 9.17) is 9.47 Å². The summed E-state index contributed by atoms with van der Waals surface area (Å²) in [6.45, 7) is 3.12. The Morgan fingerprint density at radius 1 is 1.16 bits per heavy atom. The van der Waals surface area contributed by atoms with E-state index in [1.807, 2.05) is 11.9 Å². The van der Waals surface area contributed by atoms with Crippen LogP contribution in [-0.4, -0.2) is 66.4 Å². The largest absolute Gasteiger partial charge is 0.348 e. The van der Waals surface area contributed by atoms with Crippen LogP contribution in [0.1, 0.15) is 32.1 Å². The van der Waals surface area contributed by atoms with Gasteiger partial charge in [-0.25, -0.2) is 0 Å². The molecular formula is C14H22N2O3. The summed E-state index contributed by atoms with van der Waals surface area (Å²) in [5.41, 5.74) is 0.228. The molecule has 0 N–H and O–H groups in total. The molecule has 1 unspecified atom stereocenters. The molecule has 0 aromatic rings. The van der Waals surface area contributed by atoms with Gasteiger partial charge in [0.15, 0.2) is 5.79 Å². The van der Waals surface area contributed by atoms with Crippen molar-refractivity contribution >= 4 is 5.91 Å². The van der Waals surface area contributed by atoms with E-state index < -0.39 is 0 Å². The van der Waals surface area contributed by atoms with Crippen LogP contribution in [0.3, 0.4) is 0 Å². The van der Waals surface area contributed by atoms with Crippen LogP contribution in [0, 0.1) is 0 Å². The number of hydrogen-bond donors (Lipinski definition) is 0. The molecule has 19 heavy (non-hydrogen) atoms. The second-order valence-corrected chi connectivity index (χ2v) is 6.58. The first kappa shape index (κ1) is 12.1. The SMILES string of the molecule is CN1C(=O)CN2C[C@H]1CC21CCC2(CC1)OCCO2. The van der Waals surface area contributed by atoms with Crippen LogP contribution < -0.4 is 0 Å². The Labute approximate surface area is 113 Å². The third-order valence-electron chi connectivity index (χ3n) is 5.74. The van der Waals surface area contributed by atoms with Gasteiger partial charge in [0.25, 0.3) is 0 Å². The lowest BCUT2D eigenvalue weighted by Gasteiger charge is -2.46. The maximum Gasteiger partial charge on any atom is 0.236 e. The molecule has 4 aliphatic rings. The minimum atomic E-state index is -0.293. The molecule has 1 aliphatic carbocycles. The van der Waals surface area contributed by atoms with Gasteiger partial charge in [-0.05, 0) is 19.3 Å². The zero-order chi connectivity index (χ0) is 13.1. The Balaban J connectivity index is 1.52. The molecule has 1 saturated carbocycles. The number of nitrogens with zero attached hydrogens (tertiary/aromatic N) is 2. The summed E-state index contributed by atoms with van der Waals surface area (Å²) >= 11 is 0. The van der Waals surface area contributed by atoms with Crippen LogP contribution in [0.15, 0.2) is 0 Å². The highest BCUT2D eigenvalue weighted by molar-refractivity contribution is 5.79.